The number of carboxylic acids is 1. The molecule has 0 heterocycles. The molecule has 2 aromatic carbocycles. The average molecular weight is 386 g/mol. The number of aliphatic carboxylic acids is 1. The van der Waals surface area contributed by atoms with Crippen LogP contribution in [0.3, 0.4) is 0 Å². The van der Waals surface area contributed by atoms with Gasteiger partial charge in [-0.2, -0.15) is 0 Å². The summed E-state index contributed by atoms with van der Waals surface area (Å²) in [6.07, 6.45) is 2.45. The number of halogens is 3. The SMILES string of the molecule is O=C(O)/C=C/c1cc(Cl)c(OCc2cccc(F)c2)c(Br)c1. The minimum Gasteiger partial charge on any atom is -0.486 e. The van der Waals surface area contributed by atoms with Crippen LogP contribution in [0.4, 0.5) is 4.39 Å². The van der Waals surface area contributed by atoms with Gasteiger partial charge in [0, 0.05) is 6.08 Å². The zero-order valence-electron chi connectivity index (χ0n) is 11.2. The van der Waals surface area contributed by atoms with Gasteiger partial charge in [0.1, 0.15) is 12.4 Å². The van der Waals surface area contributed by atoms with Crippen molar-refractivity contribution in [1.82, 2.24) is 0 Å². The van der Waals surface area contributed by atoms with Gasteiger partial charge in [-0.05, 0) is 57.4 Å². The molecular weight excluding hydrogens is 375 g/mol. The summed E-state index contributed by atoms with van der Waals surface area (Å²) in [4.78, 5) is 10.5. The van der Waals surface area contributed by atoms with Gasteiger partial charge in [0.05, 0.1) is 9.50 Å². The zero-order valence-corrected chi connectivity index (χ0v) is 13.6. The molecule has 2 aromatic rings. The fraction of sp³-hybridized carbons (Fsp3) is 0.0625. The van der Waals surface area contributed by atoms with Crippen LogP contribution in [0.15, 0.2) is 46.9 Å². The van der Waals surface area contributed by atoms with E-state index in [1.54, 1.807) is 24.3 Å². The van der Waals surface area contributed by atoms with Gasteiger partial charge in [-0.1, -0.05) is 23.7 Å². The monoisotopic (exact) mass is 384 g/mol. The first-order valence-electron chi connectivity index (χ1n) is 6.23. The maximum atomic E-state index is 13.1. The van der Waals surface area contributed by atoms with E-state index in [9.17, 15) is 9.18 Å². The number of carbonyl (C=O) groups is 1. The van der Waals surface area contributed by atoms with E-state index < -0.39 is 5.97 Å². The number of carboxylic acid groups (broad SMARTS) is 1. The van der Waals surface area contributed by atoms with Gasteiger partial charge in [-0.25, -0.2) is 9.18 Å². The van der Waals surface area contributed by atoms with Crippen molar-refractivity contribution in [3.8, 4) is 5.75 Å². The molecule has 0 bridgehead atoms. The highest BCUT2D eigenvalue weighted by Gasteiger charge is 2.09. The Labute approximate surface area is 140 Å². The van der Waals surface area contributed by atoms with Crippen LogP contribution in [0.2, 0.25) is 5.02 Å². The highest BCUT2D eigenvalue weighted by molar-refractivity contribution is 9.10. The molecule has 0 atom stereocenters. The zero-order chi connectivity index (χ0) is 16.1. The second kappa shape index (κ2) is 7.42. The topological polar surface area (TPSA) is 46.5 Å². The summed E-state index contributed by atoms with van der Waals surface area (Å²) in [5.41, 5.74) is 1.30. The Morgan fingerprint density at radius 2 is 2.14 bits per heavy atom. The first-order valence-corrected chi connectivity index (χ1v) is 7.40. The van der Waals surface area contributed by atoms with Crippen molar-refractivity contribution in [2.45, 2.75) is 6.61 Å². The summed E-state index contributed by atoms with van der Waals surface area (Å²) in [6, 6.07) is 9.36. The smallest absolute Gasteiger partial charge is 0.328 e. The van der Waals surface area contributed by atoms with Gasteiger partial charge in [0.2, 0.25) is 0 Å². The summed E-state index contributed by atoms with van der Waals surface area (Å²) >= 11 is 9.47. The van der Waals surface area contributed by atoms with Crippen LogP contribution in [0.25, 0.3) is 6.08 Å². The minimum absolute atomic E-state index is 0.167. The van der Waals surface area contributed by atoms with E-state index >= 15 is 0 Å². The van der Waals surface area contributed by atoms with Gasteiger partial charge in [0.15, 0.2) is 5.75 Å². The van der Waals surface area contributed by atoms with Gasteiger partial charge in [-0.15, -0.1) is 0 Å². The number of ether oxygens (including phenoxy) is 1. The van der Waals surface area contributed by atoms with Crippen LogP contribution in [-0.2, 0) is 11.4 Å². The van der Waals surface area contributed by atoms with Gasteiger partial charge >= 0.3 is 5.97 Å². The van der Waals surface area contributed by atoms with Crippen LogP contribution in [0.1, 0.15) is 11.1 Å². The third kappa shape index (κ3) is 4.58. The Balaban J connectivity index is 2.16. The molecule has 0 radical (unpaired) electrons. The highest BCUT2D eigenvalue weighted by Crippen LogP contribution is 2.35. The highest BCUT2D eigenvalue weighted by atomic mass is 79.9. The van der Waals surface area contributed by atoms with Crippen LogP contribution in [0, 0.1) is 5.82 Å². The molecule has 0 aliphatic heterocycles. The fourth-order valence-corrected chi connectivity index (χ4v) is 2.75. The van der Waals surface area contributed by atoms with Crippen molar-refractivity contribution >= 4 is 39.6 Å². The number of benzene rings is 2. The first-order chi connectivity index (χ1) is 10.5. The first kappa shape index (κ1) is 16.5. The van der Waals surface area contributed by atoms with Gasteiger partial charge in [-0.3, -0.25) is 0 Å². The molecule has 114 valence electrons. The summed E-state index contributed by atoms with van der Waals surface area (Å²) in [5.74, 6) is -0.961. The largest absolute Gasteiger partial charge is 0.486 e. The number of rotatable bonds is 5. The van der Waals surface area contributed by atoms with Crippen LogP contribution in [0.5, 0.6) is 5.75 Å². The molecule has 0 aliphatic carbocycles. The second-order valence-electron chi connectivity index (χ2n) is 4.40. The van der Waals surface area contributed by atoms with Crippen molar-refractivity contribution in [3.05, 3.63) is 68.9 Å². The lowest BCUT2D eigenvalue weighted by Crippen LogP contribution is -1.97. The molecule has 2 rings (SSSR count). The van der Waals surface area contributed by atoms with E-state index in [2.05, 4.69) is 15.9 Å². The summed E-state index contributed by atoms with van der Waals surface area (Å²) in [7, 11) is 0. The Bertz CT molecular complexity index is 708. The summed E-state index contributed by atoms with van der Waals surface area (Å²) in [6.45, 7) is 0.167. The van der Waals surface area contributed by atoms with E-state index in [0.717, 1.165) is 6.08 Å². The molecule has 1 N–H and O–H groups in total. The van der Waals surface area contributed by atoms with E-state index in [1.165, 1.54) is 18.2 Å². The Kier molecular flexibility index (Phi) is 5.57. The third-order valence-electron chi connectivity index (χ3n) is 2.71. The summed E-state index contributed by atoms with van der Waals surface area (Å²) in [5, 5.41) is 8.94. The molecule has 6 heteroatoms. The normalized spacial score (nSPS) is 10.9. The predicted octanol–water partition coefficient (Wildman–Crippen LogP) is 4.92. The molecule has 22 heavy (non-hydrogen) atoms. The predicted molar refractivity (Wildman–Crippen MR) is 86.6 cm³/mol. The molecule has 3 nitrogen and oxygen atoms in total. The van der Waals surface area contributed by atoms with Crippen molar-refractivity contribution < 1.29 is 19.0 Å². The Morgan fingerprint density at radius 3 is 2.77 bits per heavy atom. The number of hydrogen-bond acceptors (Lipinski definition) is 2. The lowest BCUT2D eigenvalue weighted by atomic mass is 10.2. The van der Waals surface area contributed by atoms with E-state index in [1.807, 2.05) is 0 Å². The molecule has 0 fully saturated rings. The molecule has 0 spiro atoms. The van der Waals surface area contributed by atoms with Crippen LogP contribution < -0.4 is 4.74 Å². The van der Waals surface area contributed by atoms with Crippen LogP contribution >= 0.6 is 27.5 Å². The average Bonchev–Trinajstić information content (AvgIpc) is 2.44. The lowest BCUT2D eigenvalue weighted by molar-refractivity contribution is -0.131. The van der Waals surface area contributed by atoms with E-state index in [-0.39, 0.29) is 12.4 Å². The van der Waals surface area contributed by atoms with Gasteiger partial charge in [0.25, 0.3) is 0 Å². The van der Waals surface area contributed by atoms with Crippen LogP contribution in [-0.4, -0.2) is 11.1 Å². The molecule has 0 aromatic heterocycles. The van der Waals surface area contributed by atoms with E-state index in [4.69, 9.17) is 21.4 Å². The maximum Gasteiger partial charge on any atom is 0.328 e. The minimum atomic E-state index is -1.04. The van der Waals surface area contributed by atoms with Crippen molar-refractivity contribution in [3.63, 3.8) is 0 Å². The second-order valence-corrected chi connectivity index (χ2v) is 5.67. The molecule has 0 saturated heterocycles. The van der Waals surface area contributed by atoms with E-state index in [0.29, 0.717) is 26.4 Å². The molecule has 0 saturated carbocycles. The third-order valence-corrected chi connectivity index (χ3v) is 3.58. The molecule has 0 amide bonds. The Hall–Kier alpha value is -1.85. The summed E-state index contributed by atoms with van der Waals surface area (Å²) < 4.78 is 19.3. The van der Waals surface area contributed by atoms with Crippen molar-refractivity contribution in [1.29, 1.82) is 0 Å². The lowest BCUT2D eigenvalue weighted by Gasteiger charge is -2.11. The fourth-order valence-electron chi connectivity index (χ4n) is 1.76. The molecular formula is C16H11BrClFO3. The molecule has 0 aliphatic rings. The number of hydrogen-bond donors (Lipinski definition) is 1. The van der Waals surface area contributed by atoms with Crippen molar-refractivity contribution in [2.24, 2.45) is 0 Å². The maximum absolute atomic E-state index is 13.1. The van der Waals surface area contributed by atoms with Gasteiger partial charge < -0.3 is 9.84 Å². The van der Waals surface area contributed by atoms with Crippen molar-refractivity contribution in [2.75, 3.05) is 0 Å². The quantitative estimate of drug-likeness (QED) is 0.743. The molecule has 0 unspecified atom stereocenters. The standard InChI is InChI=1S/C16H11BrClFO3/c17-13-7-10(4-5-15(20)21)8-14(18)16(13)22-9-11-2-1-3-12(19)6-11/h1-8H,9H2,(H,20,21)/b5-4+. The Morgan fingerprint density at radius 1 is 1.36 bits per heavy atom.